The highest BCUT2D eigenvalue weighted by Gasteiger charge is 2.22. The van der Waals surface area contributed by atoms with Gasteiger partial charge in [-0.05, 0) is 25.5 Å². The van der Waals surface area contributed by atoms with Crippen LogP contribution in [0.25, 0.3) is 0 Å². The number of rotatable bonds is 2. The van der Waals surface area contributed by atoms with E-state index in [2.05, 4.69) is 5.32 Å². The third kappa shape index (κ3) is 1.90. The molecular weight excluding hydrogens is 197 g/mol. The minimum absolute atomic E-state index is 0.0367. The van der Waals surface area contributed by atoms with E-state index in [4.69, 9.17) is 4.74 Å². The van der Waals surface area contributed by atoms with Gasteiger partial charge in [0.05, 0.1) is 7.11 Å². The first kappa shape index (κ1) is 10.2. The number of phenolic OH excluding ortho intramolecular Hbond substituents is 1. The van der Waals surface area contributed by atoms with Crippen LogP contribution in [0, 0.1) is 5.82 Å². The lowest BCUT2D eigenvalue weighted by Crippen LogP contribution is -2.13. The Morgan fingerprint density at radius 2 is 2.33 bits per heavy atom. The van der Waals surface area contributed by atoms with Crippen LogP contribution in [0.5, 0.6) is 11.5 Å². The molecule has 1 atom stereocenters. The second-order valence-corrected chi connectivity index (χ2v) is 3.69. The van der Waals surface area contributed by atoms with Crippen molar-refractivity contribution >= 4 is 0 Å². The normalized spacial score (nSPS) is 20.5. The van der Waals surface area contributed by atoms with E-state index in [1.54, 1.807) is 0 Å². The summed E-state index contributed by atoms with van der Waals surface area (Å²) in [5.41, 5.74) is 0.587. The van der Waals surface area contributed by atoms with Gasteiger partial charge in [-0.15, -0.1) is 0 Å². The van der Waals surface area contributed by atoms with Gasteiger partial charge in [-0.3, -0.25) is 0 Å². The van der Waals surface area contributed by atoms with Crippen LogP contribution in [-0.2, 0) is 0 Å². The molecule has 0 aromatic heterocycles. The minimum atomic E-state index is -0.381. The standard InChI is InChI=1S/C11H14FNO2/c1-15-10-6-7(12)5-8(11(10)14)9-3-2-4-13-9/h5-6,9,13-14H,2-4H2,1H3/t9-/m1/s1. The molecule has 2 N–H and O–H groups in total. The van der Waals surface area contributed by atoms with Crippen LogP contribution in [0.15, 0.2) is 12.1 Å². The molecule has 3 nitrogen and oxygen atoms in total. The predicted octanol–water partition coefficient (Wildman–Crippen LogP) is 1.96. The molecule has 0 amide bonds. The van der Waals surface area contributed by atoms with Crippen molar-refractivity contribution < 1.29 is 14.2 Å². The van der Waals surface area contributed by atoms with Crippen LogP contribution in [0.2, 0.25) is 0 Å². The summed E-state index contributed by atoms with van der Waals surface area (Å²) in [5, 5.41) is 13.1. The Labute approximate surface area is 87.9 Å². The summed E-state index contributed by atoms with van der Waals surface area (Å²) < 4.78 is 18.1. The number of ether oxygens (including phenoxy) is 1. The molecule has 1 aromatic carbocycles. The number of halogens is 1. The lowest BCUT2D eigenvalue weighted by atomic mass is 10.0. The summed E-state index contributed by atoms with van der Waals surface area (Å²) in [6, 6.07) is 2.59. The number of phenols is 1. The van der Waals surface area contributed by atoms with E-state index < -0.39 is 0 Å². The summed E-state index contributed by atoms with van der Waals surface area (Å²) in [4.78, 5) is 0. The fourth-order valence-corrected chi connectivity index (χ4v) is 1.97. The molecular formula is C11H14FNO2. The Balaban J connectivity index is 2.40. The Bertz CT molecular complexity index is 362. The van der Waals surface area contributed by atoms with Crippen LogP contribution < -0.4 is 10.1 Å². The molecule has 0 bridgehead atoms. The largest absolute Gasteiger partial charge is 0.504 e. The van der Waals surface area contributed by atoms with Gasteiger partial charge >= 0.3 is 0 Å². The van der Waals surface area contributed by atoms with Crippen molar-refractivity contribution in [3.63, 3.8) is 0 Å². The number of benzene rings is 1. The van der Waals surface area contributed by atoms with Crippen molar-refractivity contribution in [1.82, 2.24) is 5.32 Å². The molecule has 0 radical (unpaired) electrons. The molecule has 15 heavy (non-hydrogen) atoms. The fourth-order valence-electron chi connectivity index (χ4n) is 1.97. The van der Waals surface area contributed by atoms with E-state index in [1.165, 1.54) is 19.2 Å². The molecule has 0 spiro atoms. The van der Waals surface area contributed by atoms with Gasteiger partial charge in [0.15, 0.2) is 11.5 Å². The van der Waals surface area contributed by atoms with Gasteiger partial charge in [0.25, 0.3) is 0 Å². The molecule has 1 aliphatic rings. The maximum atomic E-state index is 13.2. The van der Waals surface area contributed by atoms with E-state index in [1.807, 2.05) is 0 Å². The summed E-state index contributed by atoms with van der Waals surface area (Å²) in [6.45, 7) is 0.906. The molecule has 82 valence electrons. The summed E-state index contributed by atoms with van der Waals surface area (Å²) in [5.74, 6) is -0.148. The average molecular weight is 211 g/mol. The van der Waals surface area contributed by atoms with Crippen LogP contribution >= 0.6 is 0 Å². The van der Waals surface area contributed by atoms with Crippen molar-refractivity contribution in [1.29, 1.82) is 0 Å². The van der Waals surface area contributed by atoms with E-state index in [0.29, 0.717) is 5.56 Å². The molecule has 1 aromatic rings. The SMILES string of the molecule is COc1cc(F)cc([C@H]2CCCN2)c1O. The summed E-state index contributed by atoms with van der Waals surface area (Å²) in [6.07, 6.45) is 1.96. The zero-order valence-corrected chi connectivity index (χ0v) is 8.59. The number of hydrogen-bond acceptors (Lipinski definition) is 3. The van der Waals surface area contributed by atoms with Crippen LogP contribution in [0.1, 0.15) is 24.4 Å². The number of nitrogens with one attached hydrogen (secondary N) is 1. The molecule has 1 aliphatic heterocycles. The highest BCUT2D eigenvalue weighted by molar-refractivity contribution is 5.47. The van der Waals surface area contributed by atoms with Crippen molar-refractivity contribution in [3.8, 4) is 11.5 Å². The van der Waals surface area contributed by atoms with E-state index in [-0.39, 0.29) is 23.4 Å². The summed E-state index contributed by atoms with van der Waals surface area (Å²) >= 11 is 0. The molecule has 1 saturated heterocycles. The van der Waals surface area contributed by atoms with Gasteiger partial charge in [0.2, 0.25) is 0 Å². The maximum absolute atomic E-state index is 13.2. The van der Waals surface area contributed by atoms with Crippen LogP contribution in [0.4, 0.5) is 4.39 Å². The van der Waals surface area contributed by atoms with Crippen molar-refractivity contribution in [3.05, 3.63) is 23.5 Å². The van der Waals surface area contributed by atoms with Crippen LogP contribution in [-0.4, -0.2) is 18.8 Å². The molecule has 1 fully saturated rings. The first-order chi connectivity index (χ1) is 7.22. The van der Waals surface area contributed by atoms with Gasteiger partial charge in [-0.25, -0.2) is 4.39 Å². The predicted molar refractivity (Wildman–Crippen MR) is 54.6 cm³/mol. The Morgan fingerprint density at radius 1 is 1.53 bits per heavy atom. The second-order valence-electron chi connectivity index (χ2n) is 3.69. The van der Waals surface area contributed by atoms with Gasteiger partial charge in [0, 0.05) is 17.7 Å². The zero-order chi connectivity index (χ0) is 10.8. The molecule has 4 heteroatoms. The van der Waals surface area contributed by atoms with E-state index in [9.17, 15) is 9.50 Å². The maximum Gasteiger partial charge on any atom is 0.163 e. The van der Waals surface area contributed by atoms with Gasteiger partial charge in [-0.2, -0.15) is 0 Å². The lowest BCUT2D eigenvalue weighted by molar-refractivity contribution is 0.363. The topological polar surface area (TPSA) is 41.5 Å². The van der Waals surface area contributed by atoms with Crippen LogP contribution in [0.3, 0.4) is 0 Å². The third-order valence-corrected chi connectivity index (χ3v) is 2.72. The molecule has 0 aliphatic carbocycles. The Kier molecular flexibility index (Phi) is 2.77. The second kappa shape index (κ2) is 4.06. The van der Waals surface area contributed by atoms with E-state index >= 15 is 0 Å². The monoisotopic (exact) mass is 211 g/mol. The molecule has 0 unspecified atom stereocenters. The number of hydrogen-bond donors (Lipinski definition) is 2. The highest BCUT2D eigenvalue weighted by Crippen LogP contribution is 2.37. The molecule has 2 rings (SSSR count). The van der Waals surface area contributed by atoms with Gasteiger partial charge in [0.1, 0.15) is 5.82 Å². The first-order valence-electron chi connectivity index (χ1n) is 5.02. The quantitative estimate of drug-likeness (QED) is 0.785. The number of aromatic hydroxyl groups is 1. The average Bonchev–Trinajstić information content (AvgIpc) is 2.74. The van der Waals surface area contributed by atoms with E-state index in [0.717, 1.165) is 19.4 Å². The van der Waals surface area contributed by atoms with Crippen molar-refractivity contribution in [2.75, 3.05) is 13.7 Å². The smallest absolute Gasteiger partial charge is 0.163 e. The van der Waals surface area contributed by atoms with Gasteiger partial charge in [-0.1, -0.05) is 0 Å². The van der Waals surface area contributed by atoms with Crippen molar-refractivity contribution in [2.24, 2.45) is 0 Å². The highest BCUT2D eigenvalue weighted by atomic mass is 19.1. The zero-order valence-electron chi connectivity index (χ0n) is 8.59. The first-order valence-corrected chi connectivity index (χ1v) is 5.02. The fraction of sp³-hybridized carbons (Fsp3) is 0.455. The lowest BCUT2D eigenvalue weighted by Gasteiger charge is -2.14. The minimum Gasteiger partial charge on any atom is -0.504 e. The molecule has 0 saturated carbocycles. The Hall–Kier alpha value is -1.29. The van der Waals surface area contributed by atoms with Gasteiger partial charge < -0.3 is 15.2 Å². The Morgan fingerprint density at radius 3 is 2.93 bits per heavy atom. The third-order valence-electron chi connectivity index (χ3n) is 2.72. The summed E-state index contributed by atoms with van der Waals surface area (Å²) in [7, 11) is 1.42. The molecule has 1 heterocycles. The number of methoxy groups -OCH3 is 1. The van der Waals surface area contributed by atoms with Crippen molar-refractivity contribution in [2.45, 2.75) is 18.9 Å².